The maximum atomic E-state index is 13.8. The van der Waals surface area contributed by atoms with Gasteiger partial charge in [-0.1, -0.05) is 12.1 Å². The summed E-state index contributed by atoms with van der Waals surface area (Å²) in [7, 11) is 1.24. The highest BCUT2D eigenvalue weighted by Gasteiger charge is 2.26. The van der Waals surface area contributed by atoms with E-state index in [4.69, 9.17) is 0 Å². The molecule has 31 heavy (non-hydrogen) atoms. The molecule has 9 heteroatoms. The summed E-state index contributed by atoms with van der Waals surface area (Å²) in [5.74, 6) is -1.10. The van der Waals surface area contributed by atoms with Gasteiger partial charge in [0, 0.05) is 32.2 Å². The zero-order valence-corrected chi connectivity index (χ0v) is 17.1. The van der Waals surface area contributed by atoms with Gasteiger partial charge in [0.25, 0.3) is 5.69 Å². The quantitative estimate of drug-likeness (QED) is 0.337. The number of nitro groups is 1. The first-order chi connectivity index (χ1) is 14.8. The molecule has 1 unspecified atom stereocenters. The third kappa shape index (κ3) is 5.25. The largest absolute Gasteiger partial charge is 0.466 e. The molecule has 0 bridgehead atoms. The third-order valence-electron chi connectivity index (χ3n) is 5.14. The van der Waals surface area contributed by atoms with Gasteiger partial charge < -0.3 is 15.0 Å². The van der Waals surface area contributed by atoms with Gasteiger partial charge in [-0.15, -0.1) is 0 Å². The maximum Gasteiger partial charge on any atom is 0.330 e. The first-order valence-electron chi connectivity index (χ1n) is 9.63. The van der Waals surface area contributed by atoms with Crippen molar-refractivity contribution in [3.63, 3.8) is 0 Å². The minimum atomic E-state index is -0.567. The molecular weight excluding hydrogens is 405 g/mol. The molecule has 2 aromatic carbocycles. The van der Waals surface area contributed by atoms with Crippen molar-refractivity contribution in [3.05, 3.63) is 75.1 Å². The lowest BCUT2D eigenvalue weighted by Crippen LogP contribution is -2.28. The Hall–Kier alpha value is -3.75. The molecule has 2 aromatic rings. The molecule has 0 saturated carbocycles. The number of amides is 1. The monoisotopic (exact) mass is 427 g/mol. The fourth-order valence-corrected chi connectivity index (χ4v) is 3.54. The number of carbonyl (C=O) groups excluding carboxylic acids is 2. The van der Waals surface area contributed by atoms with Crippen molar-refractivity contribution in [1.29, 1.82) is 0 Å². The molecule has 0 saturated heterocycles. The molecule has 0 spiro atoms. The molecule has 1 atom stereocenters. The lowest BCUT2D eigenvalue weighted by atomic mass is 9.98. The molecule has 8 nitrogen and oxygen atoms in total. The van der Waals surface area contributed by atoms with Crippen molar-refractivity contribution in [2.45, 2.75) is 25.9 Å². The van der Waals surface area contributed by atoms with Gasteiger partial charge in [0.05, 0.1) is 18.1 Å². The second-order valence-corrected chi connectivity index (χ2v) is 7.16. The van der Waals surface area contributed by atoms with Gasteiger partial charge in [-0.05, 0) is 47.4 Å². The molecule has 0 radical (unpaired) electrons. The minimum absolute atomic E-state index is 0.122. The average Bonchev–Trinajstić information content (AvgIpc) is 2.91. The van der Waals surface area contributed by atoms with Crippen molar-refractivity contribution in [2.75, 3.05) is 19.0 Å². The van der Waals surface area contributed by atoms with Crippen molar-refractivity contribution in [2.24, 2.45) is 0 Å². The van der Waals surface area contributed by atoms with Gasteiger partial charge in [0.2, 0.25) is 5.91 Å². The molecular formula is C22H22FN3O5. The van der Waals surface area contributed by atoms with E-state index in [2.05, 4.69) is 10.1 Å². The summed E-state index contributed by atoms with van der Waals surface area (Å²) in [6, 6.07) is 8.57. The van der Waals surface area contributed by atoms with Crippen LogP contribution in [-0.2, 0) is 20.9 Å². The number of rotatable bonds is 5. The van der Waals surface area contributed by atoms with Crippen LogP contribution in [0.4, 0.5) is 15.8 Å². The zero-order chi connectivity index (χ0) is 22.5. The molecule has 1 amide bonds. The Kier molecular flexibility index (Phi) is 6.64. The zero-order valence-electron chi connectivity index (χ0n) is 17.1. The number of nitrogens with zero attached hydrogens (tertiary/aromatic N) is 2. The second kappa shape index (κ2) is 9.38. The van der Waals surface area contributed by atoms with E-state index < -0.39 is 16.7 Å². The summed E-state index contributed by atoms with van der Waals surface area (Å²) in [5, 5.41) is 14.8. The van der Waals surface area contributed by atoms with Gasteiger partial charge in [0.1, 0.15) is 11.5 Å². The van der Waals surface area contributed by atoms with Crippen molar-refractivity contribution >= 4 is 29.3 Å². The van der Waals surface area contributed by atoms with Crippen molar-refractivity contribution < 1.29 is 23.6 Å². The number of esters is 1. The number of anilines is 1. The van der Waals surface area contributed by atoms with Crippen LogP contribution in [0.5, 0.6) is 0 Å². The average molecular weight is 427 g/mol. The van der Waals surface area contributed by atoms with Crippen molar-refractivity contribution in [1.82, 2.24) is 4.90 Å². The summed E-state index contributed by atoms with van der Waals surface area (Å²) >= 11 is 0. The van der Waals surface area contributed by atoms with Crippen LogP contribution < -0.4 is 5.32 Å². The number of hydrogen-bond acceptors (Lipinski definition) is 6. The molecule has 1 N–H and O–H groups in total. The minimum Gasteiger partial charge on any atom is -0.466 e. The Labute approximate surface area is 178 Å². The molecule has 1 aliphatic heterocycles. The van der Waals surface area contributed by atoms with Gasteiger partial charge in [0.15, 0.2) is 0 Å². The molecule has 0 aromatic heterocycles. The van der Waals surface area contributed by atoms with E-state index in [1.54, 1.807) is 23.1 Å². The second-order valence-electron chi connectivity index (χ2n) is 7.16. The van der Waals surface area contributed by atoms with E-state index in [0.717, 1.165) is 5.56 Å². The lowest BCUT2D eigenvalue weighted by Gasteiger charge is -2.20. The van der Waals surface area contributed by atoms with Crippen LogP contribution in [0.2, 0.25) is 0 Å². The van der Waals surface area contributed by atoms with E-state index in [9.17, 15) is 24.1 Å². The molecule has 1 heterocycles. The highest BCUT2D eigenvalue weighted by molar-refractivity contribution is 5.87. The number of hydrogen-bond donors (Lipinski definition) is 1. The Morgan fingerprint density at radius 2 is 2.06 bits per heavy atom. The predicted octanol–water partition coefficient (Wildman–Crippen LogP) is 3.83. The van der Waals surface area contributed by atoms with Gasteiger partial charge >= 0.3 is 5.97 Å². The number of methoxy groups -OCH3 is 1. The number of carbonyl (C=O) groups is 2. The number of benzene rings is 2. The lowest BCUT2D eigenvalue weighted by molar-refractivity contribution is -0.384. The van der Waals surface area contributed by atoms with Crippen LogP contribution >= 0.6 is 0 Å². The topological polar surface area (TPSA) is 102 Å². The first kappa shape index (κ1) is 21.9. The van der Waals surface area contributed by atoms with E-state index in [0.29, 0.717) is 24.1 Å². The number of fused-ring (bicyclic) bond motifs is 1. The highest BCUT2D eigenvalue weighted by atomic mass is 19.1. The van der Waals surface area contributed by atoms with Gasteiger partial charge in [-0.25, -0.2) is 9.18 Å². The SMILES string of the molecule is COC(=O)/C=C/c1ccc(NC2CCN(C(C)=O)Cc3cc(F)ccc32)c([N+](=O)[O-])c1. The van der Waals surface area contributed by atoms with Crippen molar-refractivity contribution in [3.8, 4) is 0 Å². The molecule has 0 aliphatic carbocycles. The summed E-state index contributed by atoms with van der Waals surface area (Å²) in [6.45, 7) is 2.16. The van der Waals surface area contributed by atoms with E-state index in [-0.39, 0.29) is 29.9 Å². The Bertz CT molecular complexity index is 1050. The normalized spacial score (nSPS) is 15.8. The Morgan fingerprint density at radius 3 is 2.74 bits per heavy atom. The molecule has 1 aliphatic rings. The standard InChI is InChI=1S/C22H22FN3O5/c1-14(27)25-10-9-19(18-6-5-17(23)12-16(18)13-25)24-20-7-3-15(4-8-22(28)31-2)11-21(20)26(29)30/h3-8,11-12,19,24H,9-10,13H2,1-2H3/b8-4+. The van der Waals surface area contributed by atoms with Gasteiger partial charge in [-0.3, -0.25) is 14.9 Å². The van der Waals surface area contributed by atoms with E-state index >= 15 is 0 Å². The van der Waals surface area contributed by atoms with Crippen LogP contribution in [0.25, 0.3) is 6.08 Å². The number of ether oxygens (including phenoxy) is 1. The third-order valence-corrected chi connectivity index (χ3v) is 5.14. The van der Waals surface area contributed by atoms with Crippen LogP contribution in [0.1, 0.15) is 36.1 Å². The number of halogens is 1. The maximum absolute atomic E-state index is 13.8. The fraction of sp³-hybridized carbons (Fsp3) is 0.273. The summed E-state index contributed by atoms with van der Waals surface area (Å²) in [4.78, 5) is 35.9. The summed E-state index contributed by atoms with van der Waals surface area (Å²) in [6.07, 6.45) is 3.11. The molecule has 3 rings (SSSR count). The summed E-state index contributed by atoms with van der Waals surface area (Å²) in [5.41, 5.74) is 2.04. The van der Waals surface area contributed by atoms with Crippen LogP contribution in [-0.4, -0.2) is 35.4 Å². The molecule has 0 fully saturated rings. The smallest absolute Gasteiger partial charge is 0.330 e. The summed E-state index contributed by atoms with van der Waals surface area (Å²) < 4.78 is 18.4. The Morgan fingerprint density at radius 1 is 1.29 bits per heavy atom. The molecule has 162 valence electrons. The van der Waals surface area contributed by atoms with Crippen LogP contribution in [0.15, 0.2) is 42.5 Å². The fourth-order valence-electron chi connectivity index (χ4n) is 3.54. The van der Waals surface area contributed by atoms with Gasteiger partial charge in [-0.2, -0.15) is 0 Å². The first-order valence-corrected chi connectivity index (χ1v) is 9.63. The number of nitro benzene ring substituents is 1. The van der Waals surface area contributed by atoms with Crippen LogP contribution in [0.3, 0.4) is 0 Å². The number of nitrogens with one attached hydrogen (secondary N) is 1. The predicted molar refractivity (Wildman–Crippen MR) is 113 cm³/mol. The van der Waals surface area contributed by atoms with Crippen LogP contribution in [0, 0.1) is 15.9 Å². The van der Waals surface area contributed by atoms with E-state index in [1.165, 1.54) is 44.4 Å². The highest BCUT2D eigenvalue weighted by Crippen LogP contribution is 2.34. The Balaban J connectivity index is 1.94. The van der Waals surface area contributed by atoms with E-state index in [1.807, 2.05) is 0 Å².